The summed E-state index contributed by atoms with van der Waals surface area (Å²) in [4.78, 5) is 37.1. The summed E-state index contributed by atoms with van der Waals surface area (Å²) in [5.74, 6) is -4.12. The van der Waals surface area contributed by atoms with Crippen LogP contribution >= 0.6 is 0 Å². The van der Waals surface area contributed by atoms with E-state index in [4.69, 9.17) is 0 Å². The number of aliphatic hydroxyl groups is 2. The van der Waals surface area contributed by atoms with E-state index < -0.39 is 41.8 Å². The van der Waals surface area contributed by atoms with Crippen molar-refractivity contribution in [3.63, 3.8) is 0 Å². The van der Waals surface area contributed by atoms with E-state index in [2.05, 4.69) is 0 Å². The van der Waals surface area contributed by atoms with Crippen LogP contribution in [0.4, 0.5) is 5.69 Å². The molecule has 2 N–H and O–H groups in total. The lowest BCUT2D eigenvalue weighted by Crippen LogP contribution is -2.43. The number of benzene rings is 1. The number of carboxylic acids is 1. The second-order valence-corrected chi connectivity index (χ2v) is 6.44. The standard InChI is InChI=1S/C16H15NO6/c18-12-8-5-9(13(12)19)11-10(8)14(20)17(15(11)21)7-3-1-6(2-4-7)16(22)23/h1-4,8-13,18-19H,5H2,(H,22,23)/p-1/t8-,9+,10-,11+,12-,13-/m1/s1. The number of anilines is 1. The lowest BCUT2D eigenvalue weighted by molar-refractivity contribution is -0.255. The summed E-state index contributed by atoms with van der Waals surface area (Å²) >= 11 is 0. The maximum Gasteiger partial charge on any atom is 0.238 e. The summed E-state index contributed by atoms with van der Waals surface area (Å²) < 4.78 is 0. The molecule has 1 aliphatic heterocycles. The number of aromatic carboxylic acids is 1. The first-order chi connectivity index (χ1) is 10.9. The summed E-state index contributed by atoms with van der Waals surface area (Å²) in [5, 5.41) is 30.8. The SMILES string of the molecule is O=C([O-])c1ccc(N2C(=O)[C@@H]3[C@H]4C[C@H]([C@@H](O)[C@@H]4O)[C@@H]3C2=O)cc1. The van der Waals surface area contributed by atoms with Crippen molar-refractivity contribution >= 4 is 23.5 Å². The minimum atomic E-state index is -1.34. The van der Waals surface area contributed by atoms with Gasteiger partial charge in [0.25, 0.3) is 0 Å². The molecule has 23 heavy (non-hydrogen) atoms. The molecule has 7 nitrogen and oxygen atoms in total. The normalized spacial score (nSPS) is 38.3. The molecule has 1 heterocycles. The molecule has 2 amide bonds. The average molecular weight is 316 g/mol. The van der Waals surface area contributed by atoms with Crippen LogP contribution in [0.25, 0.3) is 0 Å². The van der Waals surface area contributed by atoms with E-state index in [1.807, 2.05) is 0 Å². The van der Waals surface area contributed by atoms with Crippen molar-refractivity contribution in [2.45, 2.75) is 18.6 Å². The fourth-order valence-electron chi connectivity index (χ4n) is 4.43. The number of carboxylic acid groups (broad SMARTS) is 1. The molecule has 0 spiro atoms. The van der Waals surface area contributed by atoms with Crippen LogP contribution in [0.1, 0.15) is 16.8 Å². The van der Waals surface area contributed by atoms with Crippen LogP contribution < -0.4 is 10.0 Å². The highest BCUT2D eigenvalue weighted by molar-refractivity contribution is 6.22. The van der Waals surface area contributed by atoms with Crippen LogP contribution in [0.3, 0.4) is 0 Å². The molecule has 0 radical (unpaired) electrons. The van der Waals surface area contributed by atoms with E-state index in [1.165, 1.54) is 24.3 Å². The van der Waals surface area contributed by atoms with E-state index in [1.54, 1.807) is 0 Å². The van der Waals surface area contributed by atoms with Gasteiger partial charge >= 0.3 is 0 Å². The monoisotopic (exact) mass is 316 g/mol. The van der Waals surface area contributed by atoms with Gasteiger partial charge in [-0.1, -0.05) is 12.1 Å². The first-order valence-corrected chi connectivity index (χ1v) is 7.47. The predicted octanol–water partition coefficient (Wildman–Crippen LogP) is -1.47. The molecule has 1 saturated heterocycles. The highest BCUT2D eigenvalue weighted by Gasteiger charge is 2.67. The Bertz CT molecular complexity index is 682. The van der Waals surface area contributed by atoms with Crippen LogP contribution in [0.5, 0.6) is 0 Å². The van der Waals surface area contributed by atoms with Gasteiger partial charge in [0.2, 0.25) is 11.8 Å². The fraction of sp³-hybridized carbons (Fsp3) is 0.438. The Kier molecular flexibility index (Phi) is 2.88. The summed E-state index contributed by atoms with van der Waals surface area (Å²) in [5.41, 5.74) is 0.252. The minimum absolute atomic E-state index is 0.0426. The number of nitrogens with zero attached hydrogens (tertiary/aromatic N) is 1. The van der Waals surface area contributed by atoms with Gasteiger partial charge in [0.05, 0.1) is 35.7 Å². The second-order valence-electron chi connectivity index (χ2n) is 6.44. The van der Waals surface area contributed by atoms with E-state index >= 15 is 0 Å². The van der Waals surface area contributed by atoms with Gasteiger partial charge in [0, 0.05) is 11.8 Å². The zero-order valence-electron chi connectivity index (χ0n) is 12.0. The van der Waals surface area contributed by atoms with Crippen LogP contribution in [0.15, 0.2) is 24.3 Å². The lowest BCUT2D eigenvalue weighted by atomic mass is 9.78. The molecule has 0 unspecified atom stereocenters. The zero-order chi connectivity index (χ0) is 16.5. The smallest absolute Gasteiger partial charge is 0.238 e. The van der Waals surface area contributed by atoms with Gasteiger partial charge in [-0.25, -0.2) is 0 Å². The summed E-state index contributed by atoms with van der Waals surface area (Å²) in [7, 11) is 0. The van der Waals surface area contributed by atoms with Gasteiger partial charge in [0.15, 0.2) is 0 Å². The summed E-state index contributed by atoms with van der Waals surface area (Å²) in [6.45, 7) is 0. The third-order valence-electron chi connectivity index (χ3n) is 5.45. The van der Waals surface area contributed by atoms with E-state index in [-0.39, 0.29) is 17.4 Å². The number of carbonyl (C=O) groups is 3. The second kappa shape index (κ2) is 4.62. The van der Waals surface area contributed by atoms with Crippen LogP contribution in [-0.2, 0) is 9.59 Å². The molecule has 7 heteroatoms. The molecular formula is C16H14NO6-. The fourth-order valence-corrected chi connectivity index (χ4v) is 4.43. The molecule has 3 fully saturated rings. The maximum atomic E-state index is 12.6. The molecule has 1 aromatic carbocycles. The van der Waals surface area contributed by atoms with Crippen molar-refractivity contribution in [3.05, 3.63) is 29.8 Å². The molecular weight excluding hydrogens is 302 g/mol. The number of aliphatic hydroxyl groups excluding tert-OH is 2. The van der Waals surface area contributed by atoms with Crippen molar-refractivity contribution in [1.82, 2.24) is 0 Å². The maximum absolute atomic E-state index is 12.6. The highest BCUT2D eigenvalue weighted by atomic mass is 16.4. The topological polar surface area (TPSA) is 118 Å². The molecule has 0 aromatic heterocycles. The van der Waals surface area contributed by atoms with E-state index in [9.17, 15) is 29.7 Å². The van der Waals surface area contributed by atoms with E-state index in [0.717, 1.165) is 4.90 Å². The highest BCUT2D eigenvalue weighted by Crippen LogP contribution is 2.56. The number of amides is 2. The van der Waals surface area contributed by atoms with Crippen molar-refractivity contribution in [3.8, 4) is 0 Å². The largest absolute Gasteiger partial charge is 0.545 e. The van der Waals surface area contributed by atoms with Gasteiger partial charge < -0.3 is 20.1 Å². The van der Waals surface area contributed by atoms with Gasteiger partial charge in [-0.05, 0) is 24.1 Å². The van der Waals surface area contributed by atoms with Gasteiger partial charge in [-0.2, -0.15) is 0 Å². The Morgan fingerprint density at radius 3 is 1.91 bits per heavy atom. The van der Waals surface area contributed by atoms with E-state index in [0.29, 0.717) is 12.1 Å². The van der Waals surface area contributed by atoms with Crippen molar-refractivity contribution < 1.29 is 29.7 Å². The number of hydrogen-bond acceptors (Lipinski definition) is 6. The Balaban J connectivity index is 1.68. The third-order valence-corrected chi connectivity index (χ3v) is 5.45. The van der Waals surface area contributed by atoms with Gasteiger partial charge in [-0.3, -0.25) is 14.5 Å². The predicted molar refractivity (Wildman–Crippen MR) is 73.9 cm³/mol. The average Bonchev–Trinajstić information content (AvgIpc) is 3.12. The number of rotatable bonds is 2. The van der Waals surface area contributed by atoms with Crippen molar-refractivity contribution in [2.75, 3.05) is 4.90 Å². The molecule has 2 aliphatic carbocycles. The molecule has 6 atom stereocenters. The zero-order valence-corrected chi connectivity index (χ0v) is 12.0. The Morgan fingerprint density at radius 2 is 1.48 bits per heavy atom. The number of hydrogen-bond donors (Lipinski definition) is 2. The van der Waals surface area contributed by atoms with Crippen molar-refractivity contribution in [2.24, 2.45) is 23.7 Å². The molecule has 120 valence electrons. The first kappa shape index (κ1) is 14.3. The van der Waals surface area contributed by atoms with Gasteiger partial charge in [-0.15, -0.1) is 0 Å². The minimum Gasteiger partial charge on any atom is -0.545 e. The third kappa shape index (κ3) is 1.74. The van der Waals surface area contributed by atoms with Crippen LogP contribution in [-0.4, -0.2) is 40.2 Å². The summed E-state index contributed by atoms with van der Waals surface area (Å²) in [6.07, 6.45) is -1.47. The molecule has 4 rings (SSSR count). The number of imide groups is 1. The Morgan fingerprint density at radius 1 is 1.00 bits per heavy atom. The van der Waals surface area contributed by atoms with Crippen molar-refractivity contribution in [1.29, 1.82) is 0 Å². The van der Waals surface area contributed by atoms with Gasteiger partial charge in [0.1, 0.15) is 0 Å². The first-order valence-electron chi connectivity index (χ1n) is 7.47. The number of carbonyl (C=O) groups excluding carboxylic acids is 3. The Labute approximate surface area is 131 Å². The lowest BCUT2D eigenvalue weighted by Gasteiger charge is -2.29. The molecule has 2 saturated carbocycles. The molecule has 2 bridgehead atoms. The number of fused-ring (bicyclic) bond motifs is 5. The quantitative estimate of drug-likeness (QED) is 0.643. The Hall–Kier alpha value is -2.25. The molecule has 1 aromatic rings. The summed E-state index contributed by atoms with van der Waals surface area (Å²) in [6, 6.07) is 5.32. The van der Waals surface area contributed by atoms with Crippen LogP contribution in [0.2, 0.25) is 0 Å². The van der Waals surface area contributed by atoms with Crippen LogP contribution in [0, 0.1) is 23.7 Å². The molecule has 3 aliphatic rings.